The summed E-state index contributed by atoms with van der Waals surface area (Å²) in [6.07, 6.45) is 18.2. The molecule has 0 spiro atoms. The van der Waals surface area contributed by atoms with Crippen LogP contribution in [-0.2, 0) is 9.59 Å². The molecule has 3 saturated carbocycles. The second kappa shape index (κ2) is 8.93. The first-order valence-corrected chi connectivity index (χ1v) is 13.5. The highest BCUT2D eigenvalue weighted by molar-refractivity contribution is 7.21. The average Bonchev–Trinajstić information content (AvgIpc) is 3.36. The van der Waals surface area contributed by atoms with Gasteiger partial charge in [-0.15, -0.1) is 12.8 Å². The van der Waals surface area contributed by atoms with Gasteiger partial charge in [0.1, 0.15) is 10.3 Å². The van der Waals surface area contributed by atoms with Crippen LogP contribution in [0.2, 0.25) is 0 Å². The predicted molar refractivity (Wildman–Crippen MR) is 142 cm³/mol. The standard InChI is InChI=1S/C27H31N3O3S.C2H2/c1-14-11-18-17-7-6-15-12-16(31)8-9-26(15,2)22(17)20(32)13-27(18,3)21(14)23(33)30-25-29-19-5-4-10-28-24(19)34-25;1-2/h4-5,8-10,12,14,17-18,20-22,32H,6-7,11,13H2,1-3H3,(H,29,30,33);1-2H/t14-,17?,18?,20?,21?,22?,26?,27?;/m1./s1. The lowest BCUT2D eigenvalue weighted by atomic mass is 9.47. The number of hydrogen-bond acceptors (Lipinski definition) is 6. The molecule has 1 amide bonds. The van der Waals surface area contributed by atoms with Crippen molar-refractivity contribution in [2.24, 2.45) is 40.4 Å². The second-order valence-electron chi connectivity index (χ2n) is 11.3. The van der Waals surface area contributed by atoms with Crippen LogP contribution < -0.4 is 5.32 Å². The summed E-state index contributed by atoms with van der Waals surface area (Å²) >= 11 is 1.40. The quantitative estimate of drug-likeness (QED) is 0.562. The third-order valence-electron chi connectivity index (χ3n) is 9.51. The highest BCUT2D eigenvalue weighted by Gasteiger charge is 2.64. The number of anilines is 1. The SMILES string of the molecule is C#C.C[C@@H]1CC2C3CCC4=CC(=O)C=CC4(C)C3C(O)CC2(C)C1C(=O)Nc1nc2cccnc2s1. The summed E-state index contributed by atoms with van der Waals surface area (Å²) in [6, 6.07) is 3.75. The van der Waals surface area contributed by atoms with E-state index in [0.29, 0.717) is 23.4 Å². The third-order valence-corrected chi connectivity index (χ3v) is 10.4. The van der Waals surface area contributed by atoms with Crippen LogP contribution in [0.25, 0.3) is 10.3 Å². The van der Waals surface area contributed by atoms with Crippen molar-refractivity contribution in [3.63, 3.8) is 0 Å². The lowest BCUT2D eigenvalue weighted by molar-refractivity contribution is -0.137. The summed E-state index contributed by atoms with van der Waals surface area (Å²) in [7, 11) is 0. The molecule has 2 aromatic rings. The Hall–Kier alpha value is -2.82. The molecule has 7 heteroatoms. The highest BCUT2D eigenvalue weighted by Crippen LogP contribution is 2.67. The zero-order chi connectivity index (χ0) is 25.8. The van der Waals surface area contributed by atoms with Gasteiger partial charge in [0, 0.05) is 23.4 Å². The molecule has 4 aliphatic carbocycles. The summed E-state index contributed by atoms with van der Waals surface area (Å²) < 4.78 is 0. The van der Waals surface area contributed by atoms with E-state index in [1.54, 1.807) is 18.3 Å². The van der Waals surface area contributed by atoms with Crippen molar-refractivity contribution < 1.29 is 14.7 Å². The Labute approximate surface area is 216 Å². The minimum Gasteiger partial charge on any atom is -0.393 e. The van der Waals surface area contributed by atoms with Crippen LogP contribution in [0.15, 0.2) is 42.1 Å². The maximum Gasteiger partial charge on any atom is 0.230 e. The fourth-order valence-electron chi connectivity index (χ4n) is 8.26. The van der Waals surface area contributed by atoms with Gasteiger partial charge in [-0.1, -0.05) is 43.8 Å². The minimum absolute atomic E-state index is 0.00738. The Balaban J connectivity index is 0.00000130. The second-order valence-corrected chi connectivity index (χ2v) is 12.3. The number of ketones is 1. The summed E-state index contributed by atoms with van der Waals surface area (Å²) in [5.41, 5.74) is 1.40. The Morgan fingerprint density at radius 2 is 2.08 bits per heavy atom. The smallest absolute Gasteiger partial charge is 0.230 e. The van der Waals surface area contributed by atoms with Crippen LogP contribution in [0.1, 0.15) is 46.5 Å². The minimum atomic E-state index is -0.509. The number of aliphatic hydroxyl groups is 1. The van der Waals surface area contributed by atoms with E-state index in [1.807, 2.05) is 18.2 Å². The van der Waals surface area contributed by atoms with Gasteiger partial charge in [0.25, 0.3) is 0 Å². The molecule has 8 atom stereocenters. The molecule has 188 valence electrons. The van der Waals surface area contributed by atoms with E-state index in [9.17, 15) is 14.7 Å². The number of amides is 1. The molecule has 0 radical (unpaired) electrons. The number of aliphatic hydroxyl groups excluding tert-OH is 1. The van der Waals surface area contributed by atoms with Crippen LogP contribution >= 0.6 is 11.3 Å². The molecule has 2 N–H and O–H groups in total. The van der Waals surface area contributed by atoms with Gasteiger partial charge in [0.05, 0.1) is 6.10 Å². The maximum absolute atomic E-state index is 13.7. The number of terminal acetylenes is 1. The zero-order valence-electron chi connectivity index (χ0n) is 21.0. The van der Waals surface area contributed by atoms with Crippen molar-refractivity contribution in [2.75, 3.05) is 5.32 Å². The number of carbonyl (C=O) groups excluding carboxylic acids is 2. The molecule has 6 rings (SSSR count). The summed E-state index contributed by atoms with van der Waals surface area (Å²) in [5.74, 6) is 0.890. The van der Waals surface area contributed by atoms with Gasteiger partial charge in [0.15, 0.2) is 10.9 Å². The fourth-order valence-corrected chi connectivity index (χ4v) is 9.07. The van der Waals surface area contributed by atoms with Crippen molar-refractivity contribution in [2.45, 2.75) is 52.6 Å². The van der Waals surface area contributed by atoms with Crippen molar-refractivity contribution in [1.82, 2.24) is 9.97 Å². The van der Waals surface area contributed by atoms with E-state index in [2.05, 4.69) is 48.9 Å². The van der Waals surface area contributed by atoms with Gasteiger partial charge in [0.2, 0.25) is 5.91 Å². The number of nitrogens with one attached hydrogen (secondary N) is 1. The highest BCUT2D eigenvalue weighted by atomic mass is 32.1. The van der Waals surface area contributed by atoms with E-state index in [1.165, 1.54) is 11.3 Å². The van der Waals surface area contributed by atoms with E-state index in [4.69, 9.17) is 0 Å². The lowest BCUT2D eigenvalue weighted by Gasteiger charge is -2.58. The largest absolute Gasteiger partial charge is 0.393 e. The molecule has 36 heavy (non-hydrogen) atoms. The van der Waals surface area contributed by atoms with Crippen molar-refractivity contribution >= 4 is 38.5 Å². The Kier molecular flexibility index (Phi) is 6.17. The Morgan fingerprint density at radius 1 is 1.31 bits per heavy atom. The van der Waals surface area contributed by atoms with Crippen LogP contribution in [0.5, 0.6) is 0 Å². The number of hydrogen-bond donors (Lipinski definition) is 2. The summed E-state index contributed by atoms with van der Waals surface area (Å²) in [4.78, 5) is 35.4. The average molecular weight is 504 g/mol. The van der Waals surface area contributed by atoms with E-state index >= 15 is 0 Å². The molecular formula is C29H33N3O3S. The number of fused-ring (bicyclic) bond motifs is 6. The molecule has 0 aliphatic heterocycles. The molecule has 3 fully saturated rings. The Morgan fingerprint density at radius 3 is 2.83 bits per heavy atom. The number of carbonyl (C=O) groups is 2. The first-order chi connectivity index (χ1) is 17.2. The van der Waals surface area contributed by atoms with Crippen molar-refractivity contribution in [3.8, 4) is 12.8 Å². The molecule has 2 heterocycles. The van der Waals surface area contributed by atoms with Gasteiger partial charge in [-0.25, -0.2) is 9.97 Å². The van der Waals surface area contributed by atoms with Gasteiger partial charge in [-0.05, 0) is 73.1 Å². The van der Waals surface area contributed by atoms with Gasteiger partial charge < -0.3 is 10.4 Å². The first-order valence-electron chi connectivity index (χ1n) is 12.7. The molecule has 7 unspecified atom stereocenters. The molecule has 4 aliphatic rings. The van der Waals surface area contributed by atoms with Gasteiger partial charge in [-0.3, -0.25) is 9.59 Å². The molecular weight excluding hydrogens is 470 g/mol. The number of rotatable bonds is 2. The van der Waals surface area contributed by atoms with Crippen LogP contribution in [-0.4, -0.2) is 32.9 Å². The number of allylic oxidation sites excluding steroid dienone is 4. The van der Waals surface area contributed by atoms with E-state index in [-0.39, 0.29) is 40.3 Å². The predicted octanol–water partition coefficient (Wildman–Crippen LogP) is 5.02. The number of pyridine rings is 1. The monoisotopic (exact) mass is 503 g/mol. The number of nitrogens with zero attached hydrogens (tertiary/aromatic N) is 2. The molecule has 0 bridgehead atoms. The number of thiazole rings is 1. The zero-order valence-corrected chi connectivity index (χ0v) is 21.8. The van der Waals surface area contributed by atoms with Crippen LogP contribution in [0.3, 0.4) is 0 Å². The van der Waals surface area contributed by atoms with Gasteiger partial charge >= 0.3 is 0 Å². The van der Waals surface area contributed by atoms with Crippen molar-refractivity contribution in [1.29, 1.82) is 0 Å². The number of aromatic nitrogens is 2. The van der Waals surface area contributed by atoms with Crippen LogP contribution in [0, 0.1) is 53.3 Å². The molecule has 6 nitrogen and oxygen atoms in total. The van der Waals surface area contributed by atoms with Crippen LogP contribution in [0.4, 0.5) is 5.13 Å². The molecule has 0 saturated heterocycles. The Bertz CT molecular complexity index is 1260. The lowest BCUT2D eigenvalue weighted by Crippen LogP contribution is -2.56. The van der Waals surface area contributed by atoms with Crippen molar-refractivity contribution in [3.05, 3.63) is 42.1 Å². The summed E-state index contributed by atoms with van der Waals surface area (Å²) in [5, 5.41) is 15.2. The maximum atomic E-state index is 13.7. The van der Waals surface area contributed by atoms with E-state index in [0.717, 1.165) is 35.2 Å². The molecule has 2 aromatic heterocycles. The van der Waals surface area contributed by atoms with Gasteiger partial charge in [-0.2, -0.15) is 0 Å². The normalized spacial score (nSPS) is 38.7. The summed E-state index contributed by atoms with van der Waals surface area (Å²) in [6.45, 7) is 6.59. The first kappa shape index (κ1) is 24.9. The topological polar surface area (TPSA) is 92.2 Å². The third kappa shape index (κ3) is 3.65. The van der Waals surface area contributed by atoms with E-state index < -0.39 is 6.10 Å². The fraction of sp³-hybridized carbons (Fsp3) is 0.517. The molecule has 0 aromatic carbocycles.